The third-order valence-electron chi connectivity index (χ3n) is 4.23. The molecule has 2 N–H and O–H groups in total. The summed E-state index contributed by atoms with van der Waals surface area (Å²) in [7, 11) is -3.56. The number of halogens is 2. The first-order valence-corrected chi connectivity index (χ1v) is 11.3. The molecule has 0 unspecified atom stereocenters. The number of rotatable bonds is 6. The summed E-state index contributed by atoms with van der Waals surface area (Å²) >= 11 is 6.12. The largest absolute Gasteiger partial charge is 0.441 e. The molecule has 0 aliphatic rings. The fourth-order valence-electron chi connectivity index (χ4n) is 2.84. The normalized spacial score (nSPS) is 12.3. The fourth-order valence-corrected chi connectivity index (χ4v) is 3.68. The maximum atomic E-state index is 14.6. The molecule has 0 spiro atoms. The van der Waals surface area contributed by atoms with Crippen molar-refractivity contribution in [1.29, 1.82) is 0 Å². The topological polar surface area (TPSA) is 111 Å². The van der Waals surface area contributed by atoms with Gasteiger partial charge in [-0.1, -0.05) is 35.0 Å². The Hall–Kier alpha value is -3.11. The van der Waals surface area contributed by atoms with Gasteiger partial charge in [-0.15, -0.1) is 0 Å². The van der Waals surface area contributed by atoms with Crippen molar-refractivity contribution >= 4 is 39.1 Å². The minimum absolute atomic E-state index is 0.0193. The number of aromatic nitrogens is 1. The van der Waals surface area contributed by atoms with Crippen molar-refractivity contribution < 1.29 is 26.9 Å². The summed E-state index contributed by atoms with van der Waals surface area (Å²) in [5.74, 6) is -0.811. The van der Waals surface area contributed by atoms with E-state index in [1.165, 1.54) is 12.1 Å². The molecule has 3 rings (SSSR count). The molecule has 0 fully saturated rings. The monoisotopic (exact) mass is 467 g/mol. The van der Waals surface area contributed by atoms with Crippen LogP contribution in [0.3, 0.4) is 0 Å². The quantitative estimate of drug-likeness (QED) is 0.520. The number of carbonyl (C=O) groups is 1. The van der Waals surface area contributed by atoms with Crippen LogP contribution >= 0.6 is 11.6 Å². The summed E-state index contributed by atoms with van der Waals surface area (Å²) in [4.78, 5) is 12.4. The Morgan fingerprint density at radius 2 is 1.97 bits per heavy atom. The Balaban J connectivity index is 1.81. The lowest BCUT2D eigenvalue weighted by atomic mass is 10.1. The molecule has 1 aromatic heterocycles. The lowest BCUT2D eigenvalue weighted by Crippen LogP contribution is -2.17. The fraction of sp³-hybridized carbons (Fsp3) is 0.200. The van der Waals surface area contributed by atoms with Gasteiger partial charge in [0, 0.05) is 10.6 Å². The van der Waals surface area contributed by atoms with Crippen molar-refractivity contribution in [2.24, 2.45) is 0 Å². The maximum Gasteiger partial charge on any atom is 0.412 e. The minimum atomic E-state index is -3.56. The number of carbonyl (C=O) groups excluding carboxylic acids is 1. The highest BCUT2D eigenvalue weighted by atomic mass is 35.5. The number of hydrogen-bond donors (Lipinski definition) is 2. The number of anilines is 2. The molecule has 1 amide bonds. The number of nitrogens with zero attached hydrogens (tertiary/aromatic N) is 1. The lowest BCUT2D eigenvalue weighted by molar-refractivity contribution is 0.121. The highest BCUT2D eigenvalue weighted by Crippen LogP contribution is 2.34. The summed E-state index contributed by atoms with van der Waals surface area (Å²) in [5.41, 5.74) is 1.08. The summed E-state index contributed by atoms with van der Waals surface area (Å²) < 4.78 is 50.0. The van der Waals surface area contributed by atoms with Gasteiger partial charge in [0.15, 0.2) is 5.76 Å². The van der Waals surface area contributed by atoms with Gasteiger partial charge in [-0.05, 0) is 38.1 Å². The molecule has 0 saturated carbocycles. The zero-order valence-electron chi connectivity index (χ0n) is 16.8. The number of amides is 1. The van der Waals surface area contributed by atoms with Gasteiger partial charge in [0.2, 0.25) is 10.0 Å². The molecule has 2 aromatic carbocycles. The molecule has 8 nitrogen and oxygen atoms in total. The van der Waals surface area contributed by atoms with Gasteiger partial charge in [0.1, 0.15) is 23.3 Å². The van der Waals surface area contributed by atoms with Crippen LogP contribution in [0.4, 0.5) is 20.6 Å². The van der Waals surface area contributed by atoms with Crippen LogP contribution in [0.5, 0.6) is 0 Å². The van der Waals surface area contributed by atoms with Crippen molar-refractivity contribution in [3.05, 3.63) is 64.6 Å². The average Bonchev–Trinajstić information content (AvgIpc) is 3.01. The highest BCUT2D eigenvalue weighted by Gasteiger charge is 2.22. The van der Waals surface area contributed by atoms with Crippen LogP contribution in [0.25, 0.3) is 11.3 Å². The van der Waals surface area contributed by atoms with E-state index in [2.05, 4.69) is 15.2 Å². The first-order valence-electron chi connectivity index (χ1n) is 9.01. The standard InChI is InChI=1S/C20H19ClFN3O5S/c1-11-18(23-20(26)29-12(2)14-6-4-5-7-16(14)21)19(30-24-11)15-9-8-13(10-17(15)22)25-31(3,27)28/h4-10,12,25H,1-3H3,(H,23,26)/t12-/m1/s1. The zero-order chi connectivity index (χ0) is 22.8. The second-order valence-corrected chi connectivity index (χ2v) is 8.89. The number of aryl methyl sites for hydroxylation is 1. The molecule has 164 valence electrons. The van der Waals surface area contributed by atoms with Crippen LogP contribution in [-0.2, 0) is 14.8 Å². The third kappa shape index (κ3) is 5.53. The van der Waals surface area contributed by atoms with Crippen LogP contribution < -0.4 is 10.0 Å². The molecule has 3 aromatic rings. The molecule has 31 heavy (non-hydrogen) atoms. The Morgan fingerprint density at radius 1 is 1.26 bits per heavy atom. The van der Waals surface area contributed by atoms with Gasteiger partial charge in [0.05, 0.1) is 17.5 Å². The van der Waals surface area contributed by atoms with Crippen molar-refractivity contribution in [2.45, 2.75) is 20.0 Å². The number of nitrogens with one attached hydrogen (secondary N) is 2. The van der Waals surface area contributed by atoms with E-state index in [9.17, 15) is 17.6 Å². The first kappa shape index (κ1) is 22.6. The lowest BCUT2D eigenvalue weighted by Gasteiger charge is -2.15. The first-order chi connectivity index (χ1) is 14.5. The molecular formula is C20H19ClFN3O5S. The maximum absolute atomic E-state index is 14.6. The van der Waals surface area contributed by atoms with Crippen LogP contribution in [-0.4, -0.2) is 25.9 Å². The van der Waals surface area contributed by atoms with Crippen molar-refractivity contribution in [3.63, 3.8) is 0 Å². The molecular weight excluding hydrogens is 449 g/mol. The van der Waals surface area contributed by atoms with Crippen LogP contribution in [0.2, 0.25) is 5.02 Å². The van der Waals surface area contributed by atoms with Gasteiger partial charge in [-0.25, -0.2) is 17.6 Å². The van der Waals surface area contributed by atoms with E-state index < -0.39 is 28.0 Å². The molecule has 1 atom stereocenters. The van der Waals surface area contributed by atoms with Crippen molar-refractivity contribution in [1.82, 2.24) is 5.16 Å². The number of benzene rings is 2. The number of ether oxygens (including phenoxy) is 1. The van der Waals surface area contributed by atoms with Gasteiger partial charge in [-0.2, -0.15) is 0 Å². The van der Waals surface area contributed by atoms with Crippen LogP contribution in [0.1, 0.15) is 24.3 Å². The Labute approximate surface area is 183 Å². The molecule has 0 aliphatic heterocycles. The van der Waals surface area contributed by atoms with Crippen molar-refractivity contribution in [3.8, 4) is 11.3 Å². The number of hydrogen-bond acceptors (Lipinski definition) is 6. The Kier molecular flexibility index (Phi) is 6.51. The molecule has 0 radical (unpaired) electrons. The molecule has 0 aliphatic carbocycles. The van der Waals surface area contributed by atoms with Gasteiger partial charge in [0.25, 0.3) is 0 Å². The third-order valence-corrected chi connectivity index (χ3v) is 5.18. The summed E-state index contributed by atoms with van der Waals surface area (Å²) in [6, 6.07) is 10.6. The summed E-state index contributed by atoms with van der Waals surface area (Å²) in [6.07, 6.45) is -0.498. The van der Waals surface area contributed by atoms with Crippen LogP contribution in [0.15, 0.2) is 47.0 Å². The van der Waals surface area contributed by atoms with E-state index >= 15 is 0 Å². The van der Waals surface area contributed by atoms with E-state index in [4.69, 9.17) is 20.9 Å². The van der Waals surface area contributed by atoms with E-state index in [-0.39, 0.29) is 22.7 Å². The SMILES string of the molecule is Cc1noc(-c2ccc(NS(C)(=O)=O)cc2F)c1NC(=O)O[C@H](C)c1ccccc1Cl. The van der Waals surface area contributed by atoms with E-state index in [1.54, 1.807) is 38.1 Å². The van der Waals surface area contributed by atoms with E-state index in [0.29, 0.717) is 16.3 Å². The Morgan fingerprint density at radius 3 is 2.61 bits per heavy atom. The average molecular weight is 468 g/mol. The van der Waals surface area contributed by atoms with E-state index in [0.717, 1.165) is 12.3 Å². The highest BCUT2D eigenvalue weighted by molar-refractivity contribution is 7.92. The van der Waals surface area contributed by atoms with Gasteiger partial charge < -0.3 is 9.26 Å². The minimum Gasteiger partial charge on any atom is -0.441 e. The smallest absolute Gasteiger partial charge is 0.412 e. The summed E-state index contributed by atoms with van der Waals surface area (Å²) in [5, 5.41) is 6.75. The molecule has 0 saturated heterocycles. The van der Waals surface area contributed by atoms with Crippen molar-refractivity contribution in [2.75, 3.05) is 16.3 Å². The number of sulfonamides is 1. The summed E-state index contributed by atoms with van der Waals surface area (Å²) in [6.45, 7) is 3.23. The van der Waals surface area contributed by atoms with E-state index in [1.807, 2.05) is 0 Å². The zero-order valence-corrected chi connectivity index (χ0v) is 18.3. The molecule has 0 bridgehead atoms. The second kappa shape index (κ2) is 8.94. The van der Waals surface area contributed by atoms with Crippen LogP contribution in [0, 0.1) is 12.7 Å². The molecule has 1 heterocycles. The molecule has 11 heteroatoms. The predicted octanol–water partition coefficient (Wildman–Crippen LogP) is 5.12. The van der Waals surface area contributed by atoms with Gasteiger partial charge >= 0.3 is 6.09 Å². The van der Waals surface area contributed by atoms with Gasteiger partial charge in [-0.3, -0.25) is 10.0 Å². The Bertz CT molecular complexity index is 1230. The predicted molar refractivity (Wildman–Crippen MR) is 115 cm³/mol. The second-order valence-electron chi connectivity index (χ2n) is 6.74.